The predicted molar refractivity (Wildman–Crippen MR) is 118 cm³/mol. The number of benzene rings is 1. The van der Waals surface area contributed by atoms with Gasteiger partial charge < -0.3 is 25.0 Å². The van der Waals surface area contributed by atoms with Gasteiger partial charge in [-0.05, 0) is 44.0 Å². The number of aromatic nitrogens is 2. The fraction of sp³-hybridized carbons (Fsp3) is 0.478. The maximum atomic E-state index is 13.2. The van der Waals surface area contributed by atoms with Gasteiger partial charge in [0, 0.05) is 43.0 Å². The number of urea groups is 1. The highest BCUT2D eigenvalue weighted by atomic mass is 16.5. The van der Waals surface area contributed by atoms with Crippen LogP contribution in [0.2, 0.25) is 0 Å². The molecule has 4 N–H and O–H groups in total. The number of rotatable bonds is 4. The number of morpholine rings is 1. The summed E-state index contributed by atoms with van der Waals surface area (Å²) < 4.78 is 6.04. The quantitative estimate of drug-likeness (QED) is 0.505. The second kappa shape index (κ2) is 7.96. The third-order valence-corrected chi connectivity index (χ3v) is 6.95. The molecular formula is C23H27N5O5. The number of Topliss-reactive ketones (excluding diaryl/α,β-unsaturated/α-hetero) is 1. The number of hydrogen-bond donors (Lipinski definition) is 4. The third-order valence-electron chi connectivity index (χ3n) is 6.95. The largest absolute Gasteiger partial charge is 0.372 e. The average Bonchev–Trinajstić information content (AvgIpc) is 3.28. The van der Waals surface area contributed by atoms with E-state index < -0.39 is 29.6 Å². The number of carbonyl (C=O) groups is 3. The second-order valence-corrected chi connectivity index (χ2v) is 9.10. The monoisotopic (exact) mass is 453 g/mol. The number of imidazole rings is 1. The van der Waals surface area contributed by atoms with E-state index in [4.69, 9.17) is 4.74 Å². The van der Waals surface area contributed by atoms with Crippen molar-refractivity contribution in [2.45, 2.75) is 57.6 Å². The summed E-state index contributed by atoms with van der Waals surface area (Å²) in [6.45, 7) is 4.35. The first-order valence-electron chi connectivity index (χ1n) is 11.2. The number of aliphatic hydroxyl groups excluding tert-OH is 1. The van der Waals surface area contributed by atoms with Gasteiger partial charge in [0.05, 0.1) is 18.2 Å². The molecule has 10 heteroatoms. The first-order chi connectivity index (χ1) is 15.8. The van der Waals surface area contributed by atoms with E-state index >= 15 is 0 Å². The molecule has 0 radical (unpaired) electrons. The van der Waals surface area contributed by atoms with Gasteiger partial charge in [-0.15, -0.1) is 0 Å². The highest BCUT2D eigenvalue weighted by molar-refractivity contribution is 6.02. The van der Waals surface area contributed by atoms with Crippen LogP contribution in [-0.4, -0.2) is 63.8 Å². The molecule has 1 aromatic carbocycles. The van der Waals surface area contributed by atoms with Gasteiger partial charge in [-0.1, -0.05) is 0 Å². The topological polar surface area (TPSA) is 137 Å². The van der Waals surface area contributed by atoms with Gasteiger partial charge in [-0.3, -0.25) is 14.9 Å². The number of amides is 3. The number of nitrogens with one attached hydrogen (secondary N) is 3. The molecular weight excluding hydrogens is 426 g/mol. The van der Waals surface area contributed by atoms with Crippen molar-refractivity contribution in [3.8, 4) is 0 Å². The normalized spacial score (nSPS) is 30.9. The summed E-state index contributed by atoms with van der Waals surface area (Å²) >= 11 is 0. The summed E-state index contributed by atoms with van der Waals surface area (Å²) in [5.74, 6) is 0.173. The van der Waals surface area contributed by atoms with Crippen molar-refractivity contribution in [1.29, 1.82) is 0 Å². The summed E-state index contributed by atoms with van der Waals surface area (Å²) in [5.41, 5.74) is 0.878. The number of carbonyl (C=O) groups excluding carboxylic acids is 3. The zero-order valence-corrected chi connectivity index (χ0v) is 18.5. The molecule has 4 heterocycles. The number of aliphatic hydroxyl groups is 1. The van der Waals surface area contributed by atoms with E-state index in [-0.39, 0.29) is 24.4 Å². The van der Waals surface area contributed by atoms with E-state index in [1.807, 2.05) is 26.0 Å². The van der Waals surface area contributed by atoms with Gasteiger partial charge in [0.25, 0.3) is 0 Å². The first-order valence-corrected chi connectivity index (χ1v) is 11.2. The fourth-order valence-corrected chi connectivity index (χ4v) is 5.59. The molecule has 33 heavy (non-hydrogen) atoms. The Kier molecular flexibility index (Phi) is 5.21. The molecule has 0 unspecified atom stereocenters. The van der Waals surface area contributed by atoms with Crippen molar-refractivity contribution in [2.75, 3.05) is 11.4 Å². The van der Waals surface area contributed by atoms with E-state index in [0.29, 0.717) is 24.9 Å². The minimum absolute atomic E-state index is 0.0314. The number of anilines is 1. The van der Waals surface area contributed by atoms with Crippen molar-refractivity contribution in [3.05, 3.63) is 47.5 Å². The molecule has 3 aliphatic heterocycles. The van der Waals surface area contributed by atoms with E-state index in [9.17, 15) is 19.5 Å². The number of fused-ring (bicyclic) bond motifs is 4. The summed E-state index contributed by atoms with van der Waals surface area (Å²) in [7, 11) is 0. The molecule has 2 saturated heterocycles. The van der Waals surface area contributed by atoms with Gasteiger partial charge in [-0.2, -0.15) is 0 Å². The molecule has 3 aliphatic rings. The van der Waals surface area contributed by atoms with E-state index in [2.05, 4.69) is 25.5 Å². The van der Waals surface area contributed by atoms with E-state index in [1.165, 1.54) is 0 Å². The molecule has 0 aliphatic carbocycles. The lowest BCUT2D eigenvalue weighted by molar-refractivity contribution is -0.155. The molecule has 3 amide bonds. The van der Waals surface area contributed by atoms with E-state index in [1.54, 1.807) is 18.5 Å². The average molecular weight is 453 g/mol. The lowest BCUT2D eigenvalue weighted by Crippen LogP contribution is -2.76. The summed E-state index contributed by atoms with van der Waals surface area (Å²) in [5, 5.41) is 15.8. The summed E-state index contributed by atoms with van der Waals surface area (Å²) in [6.07, 6.45) is 2.48. The zero-order chi connectivity index (χ0) is 23.3. The SMILES string of the molecule is C[C@@H]1CN2c3ccc(C(=O)CCc4ncc[nH]4)cc3C[C@@]3(C(=O)NC(=O)N[C@@H]3O)[C@H]2[C@H](C)O1. The Hall–Kier alpha value is -3.24. The Morgan fingerprint density at radius 1 is 1.33 bits per heavy atom. The van der Waals surface area contributed by atoms with Crippen molar-refractivity contribution in [1.82, 2.24) is 20.6 Å². The van der Waals surface area contributed by atoms with Crippen LogP contribution in [0, 0.1) is 5.41 Å². The van der Waals surface area contributed by atoms with Crippen molar-refractivity contribution in [2.24, 2.45) is 5.41 Å². The number of ether oxygens (including phenoxy) is 1. The number of H-pyrrole nitrogens is 1. The fourth-order valence-electron chi connectivity index (χ4n) is 5.59. The lowest BCUT2D eigenvalue weighted by atomic mass is 9.66. The predicted octanol–water partition coefficient (Wildman–Crippen LogP) is 0.908. The summed E-state index contributed by atoms with van der Waals surface area (Å²) in [4.78, 5) is 47.2. The molecule has 2 fully saturated rings. The standard InChI is InChI=1S/C23H27N5O5/c1-12-11-28-16-4-3-14(17(29)5-6-18-24-7-8-25-18)9-15(16)10-23(19(28)13(2)33-12)20(30)26-22(32)27-21(23)31/h3-4,7-9,12-13,19-20,30H,5-6,10-11H2,1-2H3,(H,24,25)(H2,26,27,31,32)/t12-,13+,19-,20-,23-/m1/s1. The summed E-state index contributed by atoms with van der Waals surface area (Å²) in [6, 6.07) is 4.31. The van der Waals surface area contributed by atoms with Crippen LogP contribution in [-0.2, 0) is 22.4 Å². The maximum Gasteiger partial charge on any atom is 0.323 e. The molecule has 0 bridgehead atoms. The number of ketones is 1. The van der Waals surface area contributed by atoms with Crippen LogP contribution in [0.4, 0.5) is 10.5 Å². The number of aromatic amines is 1. The molecule has 2 aromatic rings. The van der Waals surface area contributed by atoms with Crippen LogP contribution < -0.4 is 15.5 Å². The minimum Gasteiger partial charge on any atom is -0.372 e. The number of aryl methyl sites for hydroxylation is 1. The smallest absolute Gasteiger partial charge is 0.323 e. The van der Waals surface area contributed by atoms with Crippen molar-refractivity contribution >= 4 is 23.4 Å². The third kappa shape index (κ3) is 3.50. The number of hydrogen-bond acceptors (Lipinski definition) is 7. The Morgan fingerprint density at radius 2 is 2.15 bits per heavy atom. The highest BCUT2D eigenvalue weighted by Crippen LogP contribution is 2.48. The molecule has 5 rings (SSSR count). The van der Waals surface area contributed by atoms with Crippen LogP contribution in [0.25, 0.3) is 0 Å². The van der Waals surface area contributed by atoms with Gasteiger partial charge in [0.2, 0.25) is 5.91 Å². The Labute approximate surface area is 190 Å². The van der Waals surface area contributed by atoms with Crippen LogP contribution >= 0.6 is 0 Å². The zero-order valence-electron chi connectivity index (χ0n) is 18.5. The van der Waals surface area contributed by atoms with Gasteiger partial charge >= 0.3 is 6.03 Å². The van der Waals surface area contributed by atoms with Crippen LogP contribution in [0.3, 0.4) is 0 Å². The van der Waals surface area contributed by atoms with Crippen LogP contribution in [0.15, 0.2) is 30.6 Å². The van der Waals surface area contributed by atoms with Crippen molar-refractivity contribution in [3.63, 3.8) is 0 Å². The van der Waals surface area contributed by atoms with Gasteiger partial charge in [-0.25, -0.2) is 9.78 Å². The second-order valence-electron chi connectivity index (χ2n) is 9.10. The van der Waals surface area contributed by atoms with Crippen molar-refractivity contribution < 1.29 is 24.2 Å². The maximum absolute atomic E-state index is 13.2. The first kappa shape index (κ1) is 21.6. The molecule has 0 saturated carbocycles. The highest BCUT2D eigenvalue weighted by Gasteiger charge is 2.62. The number of nitrogens with zero attached hydrogens (tertiary/aromatic N) is 2. The Bertz CT molecular complexity index is 1100. The molecule has 1 aromatic heterocycles. The number of imide groups is 1. The molecule has 10 nitrogen and oxygen atoms in total. The Morgan fingerprint density at radius 3 is 2.88 bits per heavy atom. The molecule has 1 spiro atoms. The van der Waals surface area contributed by atoms with Gasteiger partial charge in [0.15, 0.2) is 5.78 Å². The molecule has 5 atom stereocenters. The lowest BCUT2D eigenvalue weighted by Gasteiger charge is -2.57. The Balaban J connectivity index is 1.52. The van der Waals surface area contributed by atoms with Crippen LogP contribution in [0.5, 0.6) is 0 Å². The molecule has 174 valence electrons. The van der Waals surface area contributed by atoms with Crippen LogP contribution in [0.1, 0.15) is 42.0 Å². The van der Waals surface area contributed by atoms with E-state index in [0.717, 1.165) is 17.1 Å². The van der Waals surface area contributed by atoms with Gasteiger partial charge in [0.1, 0.15) is 17.5 Å². The minimum atomic E-state index is -1.39.